The van der Waals surface area contributed by atoms with Crippen molar-refractivity contribution in [1.82, 2.24) is 14.5 Å². The molecule has 6 nitrogen and oxygen atoms in total. The van der Waals surface area contributed by atoms with Gasteiger partial charge >= 0.3 is 0 Å². The maximum atomic E-state index is 13.8. The lowest BCUT2D eigenvalue weighted by molar-refractivity contribution is 0.199. The number of benzene rings is 2. The van der Waals surface area contributed by atoms with Gasteiger partial charge in [0.15, 0.2) is 0 Å². The number of allylic oxidation sites excluding steroid dienone is 1. The van der Waals surface area contributed by atoms with Crippen LogP contribution < -0.4 is 15.2 Å². The maximum absolute atomic E-state index is 13.8. The summed E-state index contributed by atoms with van der Waals surface area (Å²) in [7, 11) is 1.67. The first kappa shape index (κ1) is 23.4. The van der Waals surface area contributed by atoms with Crippen molar-refractivity contribution in [2.24, 2.45) is 0 Å². The van der Waals surface area contributed by atoms with Crippen LogP contribution in [0.1, 0.15) is 48.9 Å². The first-order chi connectivity index (χ1) is 17.1. The molecule has 0 bridgehead atoms. The van der Waals surface area contributed by atoms with E-state index in [0.717, 1.165) is 41.2 Å². The summed E-state index contributed by atoms with van der Waals surface area (Å²) in [6.45, 7) is 4.13. The number of ether oxygens (including phenoxy) is 1. The van der Waals surface area contributed by atoms with Gasteiger partial charge in [-0.3, -0.25) is 19.2 Å². The lowest BCUT2D eigenvalue weighted by Gasteiger charge is -2.38. The summed E-state index contributed by atoms with van der Waals surface area (Å²) in [4.78, 5) is 23.3. The SMILES string of the molecule is COc1ccc(N2CN(CCC3=CCCCC3)Cn3c2nc(C)c(Cc2ccccc2)c3=O)cc1. The van der Waals surface area contributed by atoms with Gasteiger partial charge in [0.1, 0.15) is 5.75 Å². The number of hydrogen-bond acceptors (Lipinski definition) is 5. The number of anilines is 2. The summed E-state index contributed by atoms with van der Waals surface area (Å²) in [6, 6.07) is 18.2. The van der Waals surface area contributed by atoms with E-state index < -0.39 is 0 Å². The van der Waals surface area contributed by atoms with Crippen LogP contribution >= 0.6 is 0 Å². The molecule has 2 aromatic carbocycles. The molecular formula is C29H34N4O2. The van der Waals surface area contributed by atoms with Gasteiger partial charge in [0.25, 0.3) is 5.56 Å². The van der Waals surface area contributed by atoms with E-state index in [1.54, 1.807) is 12.7 Å². The molecule has 0 fully saturated rings. The fraction of sp³-hybridized carbons (Fsp3) is 0.379. The highest BCUT2D eigenvalue weighted by Crippen LogP contribution is 2.30. The highest BCUT2D eigenvalue weighted by atomic mass is 16.5. The molecule has 2 aliphatic rings. The average Bonchev–Trinajstić information content (AvgIpc) is 2.91. The molecule has 0 atom stereocenters. The normalized spacial score (nSPS) is 16.1. The molecule has 0 saturated heterocycles. The van der Waals surface area contributed by atoms with Gasteiger partial charge in [-0.25, -0.2) is 4.98 Å². The number of rotatable bonds is 7. The number of methoxy groups -OCH3 is 1. The molecule has 0 radical (unpaired) electrons. The summed E-state index contributed by atoms with van der Waals surface area (Å²) < 4.78 is 7.21. The molecule has 0 unspecified atom stereocenters. The Morgan fingerprint density at radius 1 is 1.00 bits per heavy atom. The molecule has 1 aliphatic carbocycles. The summed E-state index contributed by atoms with van der Waals surface area (Å²) in [5.74, 6) is 1.52. The van der Waals surface area contributed by atoms with Crippen molar-refractivity contribution >= 4 is 11.6 Å². The fourth-order valence-electron chi connectivity index (χ4n) is 5.07. The standard InChI is InChI=1S/C29H34N4O2/c1-22-27(19-24-11-7-4-8-12-24)28(34)33-21-31(18-17-23-9-5-3-6-10-23)20-32(29(33)30-22)25-13-15-26(35-2)16-14-25/h4,7-9,11-16H,3,5-6,10,17-21H2,1-2H3. The van der Waals surface area contributed by atoms with Gasteiger partial charge in [-0.15, -0.1) is 0 Å². The summed E-state index contributed by atoms with van der Waals surface area (Å²) in [6.07, 6.45) is 9.05. The highest BCUT2D eigenvalue weighted by Gasteiger charge is 2.28. The minimum atomic E-state index is 0.0523. The van der Waals surface area contributed by atoms with Crippen LogP contribution in [0.2, 0.25) is 0 Å². The van der Waals surface area contributed by atoms with E-state index >= 15 is 0 Å². The molecule has 182 valence electrons. The van der Waals surface area contributed by atoms with Gasteiger partial charge in [0.05, 0.1) is 26.1 Å². The monoisotopic (exact) mass is 470 g/mol. The van der Waals surface area contributed by atoms with Gasteiger partial charge < -0.3 is 4.74 Å². The van der Waals surface area contributed by atoms with Crippen LogP contribution in [0.4, 0.5) is 11.6 Å². The summed E-state index contributed by atoms with van der Waals surface area (Å²) in [5.41, 5.74) is 5.30. The zero-order valence-electron chi connectivity index (χ0n) is 20.7. The Morgan fingerprint density at radius 3 is 2.51 bits per heavy atom. The van der Waals surface area contributed by atoms with Crippen molar-refractivity contribution in [3.63, 3.8) is 0 Å². The molecule has 1 aromatic heterocycles. The molecule has 6 heteroatoms. The van der Waals surface area contributed by atoms with Crippen molar-refractivity contribution in [3.8, 4) is 5.75 Å². The smallest absolute Gasteiger partial charge is 0.259 e. The van der Waals surface area contributed by atoms with Gasteiger partial charge in [0, 0.05) is 24.2 Å². The summed E-state index contributed by atoms with van der Waals surface area (Å²) >= 11 is 0. The molecule has 0 saturated carbocycles. The number of aryl methyl sites for hydroxylation is 1. The molecule has 5 rings (SSSR count). The van der Waals surface area contributed by atoms with Gasteiger partial charge in [0.2, 0.25) is 5.95 Å². The van der Waals surface area contributed by atoms with Crippen LogP contribution in [0.15, 0.2) is 71.0 Å². The predicted molar refractivity (Wildman–Crippen MR) is 140 cm³/mol. The molecule has 2 heterocycles. The third-order valence-corrected chi connectivity index (χ3v) is 7.12. The fourth-order valence-corrected chi connectivity index (χ4v) is 5.07. The molecule has 3 aromatic rings. The Kier molecular flexibility index (Phi) is 7.00. The first-order valence-corrected chi connectivity index (χ1v) is 12.6. The van der Waals surface area contributed by atoms with E-state index in [-0.39, 0.29) is 5.56 Å². The zero-order chi connectivity index (χ0) is 24.2. The topological polar surface area (TPSA) is 50.6 Å². The van der Waals surface area contributed by atoms with Gasteiger partial charge in [-0.05, 0) is 68.9 Å². The lowest BCUT2D eigenvalue weighted by atomic mass is 9.97. The van der Waals surface area contributed by atoms with Crippen molar-refractivity contribution in [2.75, 3.05) is 25.2 Å². The third kappa shape index (κ3) is 5.17. The Hall–Kier alpha value is -3.38. The van der Waals surface area contributed by atoms with Crippen LogP contribution in [-0.4, -0.2) is 34.8 Å². The largest absolute Gasteiger partial charge is 0.497 e. The van der Waals surface area contributed by atoms with Gasteiger partial charge in [-0.2, -0.15) is 0 Å². The maximum Gasteiger partial charge on any atom is 0.259 e. The lowest BCUT2D eigenvalue weighted by Crippen LogP contribution is -2.48. The van der Waals surface area contributed by atoms with Gasteiger partial charge in [-0.1, -0.05) is 42.0 Å². The Morgan fingerprint density at radius 2 is 1.80 bits per heavy atom. The van der Waals surface area contributed by atoms with Crippen LogP contribution in [0.5, 0.6) is 5.75 Å². The number of aromatic nitrogens is 2. The van der Waals surface area contributed by atoms with E-state index in [4.69, 9.17) is 9.72 Å². The number of nitrogens with zero attached hydrogens (tertiary/aromatic N) is 4. The Labute approximate surface area is 207 Å². The third-order valence-electron chi connectivity index (χ3n) is 7.12. The molecule has 0 spiro atoms. The molecular weight excluding hydrogens is 436 g/mol. The van der Waals surface area contributed by atoms with E-state index in [9.17, 15) is 4.79 Å². The molecule has 0 N–H and O–H groups in total. The van der Waals surface area contributed by atoms with Crippen molar-refractivity contribution in [1.29, 1.82) is 0 Å². The second-order valence-electron chi connectivity index (χ2n) is 9.53. The van der Waals surface area contributed by atoms with Crippen molar-refractivity contribution < 1.29 is 4.74 Å². The minimum absolute atomic E-state index is 0.0523. The Bertz CT molecular complexity index is 1250. The molecule has 0 amide bonds. The highest BCUT2D eigenvalue weighted by molar-refractivity contribution is 5.59. The van der Waals surface area contributed by atoms with E-state index in [0.29, 0.717) is 25.7 Å². The molecule has 35 heavy (non-hydrogen) atoms. The van der Waals surface area contributed by atoms with E-state index in [1.807, 2.05) is 54.0 Å². The first-order valence-electron chi connectivity index (χ1n) is 12.6. The second-order valence-corrected chi connectivity index (χ2v) is 9.53. The summed E-state index contributed by atoms with van der Waals surface area (Å²) in [5, 5.41) is 0. The average molecular weight is 471 g/mol. The quantitative estimate of drug-likeness (QED) is 0.432. The number of fused-ring (bicyclic) bond motifs is 1. The Balaban J connectivity index is 1.50. The number of hydrogen-bond donors (Lipinski definition) is 0. The van der Waals surface area contributed by atoms with E-state index in [2.05, 4.69) is 28.0 Å². The van der Waals surface area contributed by atoms with Crippen molar-refractivity contribution in [3.05, 3.63) is 93.4 Å². The molecule has 1 aliphatic heterocycles. The van der Waals surface area contributed by atoms with Crippen LogP contribution in [0.3, 0.4) is 0 Å². The van der Waals surface area contributed by atoms with Crippen LogP contribution in [-0.2, 0) is 13.1 Å². The van der Waals surface area contributed by atoms with Crippen molar-refractivity contribution in [2.45, 2.75) is 52.1 Å². The van der Waals surface area contributed by atoms with Crippen LogP contribution in [0.25, 0.3) is 0 Å². The van der Waals surface area contributed by atoms with E-state index in [1.165, 1.54) is 25.7 Å². The van der Waals surface area contributed by atoms with Crippen LogP contribution in [0, 0.1) is 6.92 Å². The predicted octanol–water partition coefficient (Wildman–Crippen LogP) is 5.41. The zero-order valence-corrected chi connectivity index (χ0v) is 20.7. The second kappa shape index (κ2) is 10.5. The minimum Gasteiger partial charge on any atom is -0.497 e.